The predicted octanol–water partition coefficient (Wildman–Crippen LogP) is 4.81. The minimum Gasteiger partial charge on any atom is -0.354 e. The summed E-state index contributed by atoms with van der Waals surface area (Å²) in [6, 6.07) is 12.0. The van der Waals surface area contributed by atoms with Gasteiger partial charge in [-0.2, -0.15) is 0 Å². The van der Waals surface area contributed by atoms with Crippen molar-refractivity contribution in [2.45, 2.75) is 54.5 Å². The summed E-state index contributed by atoms with van der Waals surface area (Å²) in [5.74, 6) is -0.983. The molecule has 0 heterocycles. The molecule has 1 aliphatic rings. The molecule has 0 spiro atoms. The summed E-state index contributed by atoms with van der Waals surface area (Å²) in [6.45, 7) is 1.51. The van der Waals surface area contributed by atoms with Crippen molar-refractivity contribution in [2.75, 3.05) is 0 Å². The Bertz CT molecular complexity index is 852. The molecule has 28 heavy (non-hydrogen) atoms. The van der Waals surface area contributed by atoms with Gasteiger partial charge in [-0.15, -0.1) is 0 Å². The topological polar surface area (TPSA) is 58.2 Å². The number of benzene rings is 2. The third-order valence-corrected chi connectivity index (χ3v) is 6.03. The van der Waals surface area contributed by atoms with Gasteiger partial charge >= 0.3 is 0 Å². The molecule has 2 N–H and O–H groups in total. The van der Waals surface area contributed by atoms with Crippen LogP contribution >= 0.6 is 23.4 Å². The van der Waals surface area contributed by atoms with E-state index in [9.17, 15) is 14.0 Å². The lowest BCUT2D eigenvalue weighted by atomic mass is 9.91. The number of carbonyl (C=O) groups excluding carboxylic acids is 2. The van der Waals surface area contributed by atoms with Crippen molar-refractivity contribution in [2.24, 2.45) is 0 Å². The Morgan fingerprint density at radius 3 is 2.21 bits per heavy atom. The normalized spacial score (nSPS) is 19.1. The molecule has 1 aliphatic carbocycles. The number of carbonyl (C=O) groups is 2. The molecule has 0 aromatic heterocycles. The third kappa shape index (κ3) is 5.49. The van der Waals surface area contributed by atoms with Gasteiger partial charge in [-0.3, -0.25) is 9.59 Å². The minimum absolute atomic E-state index is 0.0227. The van der Waals surface area contributed by atoms with E-state index < -0.39 is 11.7 Å². The van der Waals surface area contributed by atoms with Crippen LogP contribution in [0.2, 0.25) is 5.02 Å². The number of rotatable bonds is 5. The Morgan fingerprint density at radius 1 is 1.00 bits per heavy atom. The molecule has 1 fully saturated rings. The third-order valence-electron chi connectivity index (χ3n) is 4.71. The Morgan fingerprint density at radius 2 is 1.61 bits per heavy atom. The summed E-state index contributed by atoms with van der Waals surface area (Å²) in [5, 5.41) is 6.49. The first kappa shape index (κ1) is 20.7. The zero-order valence-electron chi connectivity index (χ0n) is 15.5. The van der Waals surface area contributed by atoms with E-state index in [0.717, 1.165) is 30.6 Å². The summed E-state index contributed by atoms with van der Waals surface area (Å²) >= 11 is 7.24. The highest BCUT2D eigenvalue weighted by atomic mass is 35.5. The van der Waals surface area contributed by atoms with E-state index in [0.29, 0.717) is 9.92 Å². The van der Waals surface area contributed by atoms with Crippen molar-refractivity contribution < 1.29 is 14.0 Å². The van der Waals surface area contributed by atoms with Crippen LogP contribution in [0.15, 0.2) is 52.3 Å². The van der Waals surface area contributed by atoms with E-state index in [-0.39, 0.29) is 23.6 Å². The molecular weight excluding hydrogens is 399 g/mol. The van der Waals surface area contributed by atoms with Crippen molar-refractivity contribution in [3.05, 3.63) is 58.9 Å². The second-order valence-corrected chi connectivity index (χ2v) is 8.44. The van der Waals surface area contributed by atoms with Gasteiger partial charge in [0.25, 0.3) is 5.91 Å². The lowest BCUT2D eigenvalue weighted by Gasteiger charge is -2.29. The Labute approximate surface area is 173 Å². The summed E-state index contributed by atoms with van der Waals surface area (Å²) in [6.07, 6.45) is 3.11. The second kappa shape index (κ2) is 9.43. The van der Waals surface area contributed by atoms with Crippen molar-refractivity contribution in [3.63, 3.8) is 0 Å². The van der Waals surface area contributed by atoms with Gasteiger partial charge in [0.15, 0.2) is 0 Å². The Kier molecular flexibility index (Phi) is 6.97. The molecule has 4 nitrogen and oxygen atoms in total. The zero-order valence-corrected chi connectivity index (χ0v) is 17.1. The molecule has 2 aromatic carbocycles. The number of halogens is 2. The van der Waals surface area contributed by atoms with Crippen LogP contribution in [-0.4, -0.2) is 23.9 Å². The van der Waals surface area contributed by atoms with Crippen LogP contribution in [0.5, 0.6) is 0 Å². The monoisotopic (exact) mass is 420 g/mol. The van der Waals surface area contributed by atoms with Gasteiger partial charge in [0.2, 0.25) is 5.91 Å². The SMILES string of the molecule is CC(=O)NC1CCC(NC(=O)c2c(F)cccc2Sc2ccc(Cl)cc2)CC1. The van der Waals surface area contributed by atoms with Gasteiger partial charge in [-0.05, 0) is 62.1 Å². The van der Waals surface area contributed by atoms with E-state index in [1.54, 1.807) is 24.3 Å². The molecule has 7 heteroatoms. The maximum Gasteiger partial charge on any atom is 0.255 e. The highest BCUT2D eigenvalue weighted by Crippen LogP contribution is 2.32. The van der Waals surface area contributed by atoms with E-state index in [2.05, 4.69) is 10.6 Å². The first-order valence-corrected chi connectivity index (χ1v) is 10.4. The molecule has 2 amide bonds. The quantitative estimate of drug-likeness (QED) is 0.729. The van der Waals surface area contributed by atoms with E-state index >= 15 is 0 Å². The van der Waals surface area contributed by atoms with Crippen molar-refractivity contribution in [3.8, 4) is 0 Å². The largest absolute Gasteiger partial charge is 0.354 e. The van der Waals surface area contributed by atoms with Gasteiger partial charge in [-0.1, -0.05) is 29.4 Å². The molecule has 0 atom stereocenters. The molecule has 0 unspecified atom stereocenters. The van der Waals surface area contributed by atoms with Crippen molar-refractivity contribution in [1.29, 1.82) is 0 Å². The van der Waals surface area contributed by atoms with Gasteiger partial charge < -0.3 is 10.6 Å². The van der Waals surface area contributed by atoms with E-state index in [4.69, 9.17) is 11.6 Å². The van der Waals surface area contributed by atoms with Gasteiger partial charge in [0, 0.05) is 33.8 Å². The fourth-order valence-corrected chi connectivity index (χ4v) is 4.46. The first-order valence-electron chi connectivity index (χ1n) is 9.22. The fraction of sp³-hybridized carbons (Fsp3) is 0.333. The second-order valence-electron chi connectivity index (χ2n) is 6.89. The Hall–Kier alpha value is -2.05. The average molecular weight is 421 g/mol. The summed E-state index contributed by atoms with van der Waals surface area (Å²) in [4.78, 5) is 25.4. The molecule has 1 saturated carbocycles. The fourth-order valence-electron chi connectivity index (χ4n) is 3.37. The molecule has 148 valence electrons. The number of amides is 2. The Balaban J connectivity index is 1.68. The van der Waals surface area contributed by atoms with Gasteiger partial charge in [0.1, 0.15) is 5.82 Å². The number of hydrogen-bond donors (Lipinski definition) is 2. The van der Waals surface area contributed by atoms with E-state index in [1.165, 1.54) is 24.8 Å². The standard InChI is InChI=1S/C21H22ClFN2O2S/c1-13(26)24-15-7-9-16(10-8-15)25-21(27)20-18(23)3-2-4-19(20)28-17-11-5-14(22)6-12-17/h2-6,11-12,15-16H,7-10H2,1H3,(H,24,26)(H,25,27). The molecule has 0 saturated heterocycles. The van der Waals surface area contributed by atoms with Crippen LogP contribution < -0.4 is 10.6 Å². The number of hydrogen-bond acceptors (Lipinski definition) is 3. The number of nitrogens with one attached hydrogen (secondary N) is 2. The molecule has 0 aliphatic heterocycles. The van der Waals surface area contributed by atoms with Crippen LogP contribution in [0.1, 0.15) is 43.0 Å². The lowest BCUT2D eigenvalue weighted by molar-refractivity contribution is -0.119. The summed E-state index contributed by atoms with van der Waals surface area (Å²) in [5.41, 5.74) is 0.0615. The molecular formula is C21H22ClFN2O2S. The molecule has 2 aromatic rings. The maximum absolute atomic E-state index is 14.5. The summed E-state index contributed by atoms with van der Waals surface area (Å²) in [7, 11) is 0. The van der Waals surface area contributed by atoms with Gasteiger partial charge in [-0.25, -0.2) is 4.39 Å². The molecule has 3 rings (SSSR count). The van der Waals surface area contributed by atoms with Crippen LogP contribution in [0.25, 0.3) is 0 Å². The maximum atomic E-state index is 14.5. The first-order chi connectivity index (χ1) is 13.4. The van der Waals surface area contributed by atoms with Crippen molar-refractivity contribution in [1.82, 2.24) is 10.6 Å². The van der Waals surface area contributed by atoms with Crippen molar-refractivity contribution >= 4 is 35.2 Å². The van der Waals surface area contributed by atoms with Crippen LogP contribution in [0, 0.1) is 5.82 Å². The van der Waals surface area contributed by atoms with Crippen LogP contribution in [-0.2, 0) is 4.79 Å². The predicted molar refractivity (Wildman–Crippen MR) is 109 cm³/mol. The molecule has 0 bridgehead atoms. The minimum atomic E-state index is -0.539. The summed E-state index contributed by atoms with van der Waals surface area (Å²) < 4.78 is 14.5. The smallest absolute Gasteiger partial charge is 0.255 e. The van der Waals surface area contributed by atoms with Crippen LogP contribution in [0.4, 0.5) is 4.39 Å². The molecule has 0 radical (unpaired) electrons. The highest BCUT2D eigenvalue weighted by molar-refractivity contribution is 7.99. The lowest BCUT2D eigenvalue weighted by Crippen LogP contribution is -2.43. The van der Waals surface area contributed by atoms with Gasteiger partial charge in [0.05, 0.1) is 5.56 Å². The average Bonchev–Trinajstić information content (AvgIpc) is 2.65. The highest BCUT2D eigenvalue weighted by Gasteiger charge is 2.25. The zero-order chi connectivity index (χ0) is 20.1. The van der Waals surface area contributed by atoms with Crippen LogP contribution in [0.3, 0.4) is 0 Å². The van der Waals surface area contributed by atoms with E-state index in [1.807, 2.05) is 12.1 Å².